The number of H-pyrrole nitrogens is 1. The third kappa shape index (κ3) is 2.25. The Morgan fingerprint density at radius 1 is 1.00 bits per heavy atom. The van der Waals surface area contributed by atoms with Gasteiger partial charge in [-0.3, -0.25) is 5.10 Å². The van der Waals surface area contributed by atoms with Crippen LogP contribution in [0.5, 0.6) is 0 Å². The second-order valence-corrected chi connectivity index (χ2v) is 4.30. The van der Waals surface area contributed by atoms with Crippen LogP contribution in [0.2, 0.25) is 0 Å². The molecule has 2 aromatic heterocycles. The summed E-state index contributed by atoms with van der Waals surface area (Å²) in [5, 5.41) is 7.19. The third-order valence-electron chi connectivity index (χ3n) is 2.95. The van der Waals surface area contributed by atoms with Crippen LogP contribution in [0.25, 0.3) is 22.6 Å². The lowest BCUT2D eigenvalue weighted by Crippen LogP contribution is -1.90. The lowest BCUT2D eigenvalue weighted by Gasteiger charge is -1.98. The largest absolute Gasteiger partial charge is 0.277 e. The molecule has 3 rings (SSSR count). The average Bonchev–Trinajstić information content (AvgIpc) is 2.93. The van der Waals surface area contributed by atoms with Crippen molar-refractivity contribution in [3.8, 4) is 22.6 Å². The van der Waals surface area contributed by atoms with Gasteiger partial charge in [-0.05, 0) is 30.7 Å². The van der Waals surface area contributed by atoms with E-state index in [4.69, 9.17) is 0 Å². The molecule has 1 aromatic carbocycles. The summed E-state index contributed by atoms with van der Waals surface area (Å²) >= 11 is 0. The number of hydrogen-bond donors (Lipinski definition) is 1. The van der Waals surface area contributed by atoms with Crippen LogP contribution in [-0.4, -0.2) is 15.2 Å². The number of nitrogens with zero attached hydrogens (tertiary/aromatic N) is 2. The summed E-state index contributed by atoms with van der Waals surface area (Å²) in [5.74, 6) is -0.303. The fourth-order valence-corrected chi connectivity index (χ4v) is 1.91. The fraction of sp³-hybridized carbons (Fsp3) is 0.0667. The molecular weight excluding hydrogens is 241 g/mol. The predicted octanol–water partition coefficient (Wildman–Crippen LogP) is 3.59. The summed E-state index contributed by atoms with van der Waals surface area (Å²) in [4.78, 5) is 4.19. The topological polar surface area (TPSA) is 41.6 Å². The number of hydrogen-bond acceptors (Lipinski definition) is 2. The average molecular weight is 253 g/mol. The first-order valence-corrected chi connectivity index (χ1v) is 5.98. The number of nitrogens with one attached hydrogen (secondary N) is 1. The number of rotatable bonds is 2. The van der Waals surface area contributed by atoms with Gasteiger partial charge in [0.25, 0.3) is 0 Å². The first-order valence-electron chi connectivity index (χ1n) is 5.98. The van der Waals surface area contributed by atoms with Crippen LogP contribution in [0.15, 0.2) is 48.5 Å². The molecule has 4 heteroatoms. The maximum Gasteiger partial charge on any atom is 0.144 e. The Hall–Kier alpha value is -2.49. The smallest absolute Gasteiger partial charge is 0.144 e. The van der Waals surface area contributed by atoms with E-state index in [1.54, 1.807) is 13.0 Å². The van der Waals surface area contributed by atoms with Crippen LogP contribution in [0.4, 0.5) is 4.39 Å². The van der Waals surface area contributed by atoms with Crippen LogP contribution in [0.3, 0.4) is 0 Å². The molecule has 0 radical (unpaired) electrons. The molecule has 94 valence electrons. The van der Waals surface area contributed by atoms with E-state index in [0.717, 1.165) is 11.3 Å². The molecule has 3 aromatic rings. The summed E-state index contributed by atoms with van der Waals surface area (Å²) in [6.45, 7) is 1.64. The zero-order valence-corrected chi connectivity index (χ0v) is 10.4. The van der Waals surface area contributed by atoms with Gasteiger partial charge in [0.15, 0.2) is 0 Å². The van der Waals surface area contributed by atoms with Gasteiger partial charge < -0.3 is 0 Å². The van der Waals surface area contributed by atoms with Gasteiger partial charge in [0.1, 0.15) is 11.5 Å². The minimum atomic E-state index is -0.303. The third-order valence-corrected chi connectivity index (χ3v) is 2.95. The number of pyridine rings is 1. The quantitative estimate of drug-likeness (QED) is 0.758. The maximum absolute atomic E-state index is 13.2. The molecular formula is C15H12FN3. The van der Waals surface area contributed by atoms with Crippen molar-refractivity contribution in [1.29, 1.82) is 0 Å². The van der Waals surface area contributed by atoms with E-state index in [0.29, 0.717) is 17.1 Å². The normalized spacial score (nSPS) is 10.6. The van der Waals surface area contributed by atoms with Crippen molar-refractivity contribution in [2.75, 3.05) is 0 Å². The highest BCUT2D eigenvalue weighted by Gasteiger charge is 2.08. The van der Waals surface area contributed by atoms with Crippen molar-refractivity contribution in [2.45, 2.75) is 6.92 Å². The summed E-state index contributed by atoms with van der Waals surface area (Å²) in [6.07, 6.45) is 0. The molecule has 0 fully saturated rings. The van der Waals surface area contributed by atoms with E-state index in [1.807, 2.05) is 36.4 Å². The first-order chi connectivity index (χ1) is 9.24. The molecule has 19 heavy (non-hydrogen) atoms. The molecule has 0 saturated carbocycles. The minimum absolute atomic E-state index is 0.303. The molecule has 0 aliphatic rings. The second-order valence-electron chi connectivity index (χ2n) is 4.30. The van der Waals surface area contributed by atoms with E-state index in [9.17, 15) is 4.39 Å². The molecule has 0 unspecified atom stereocenters. The lowest BCUT2D eigenvalue weighted by molar-refractivity contribution is 0.610. The predicted molar refractivity (Wildman–Crippen MR) is 71.9 cm³/mol. The van der Waals surface area contributed by atoms with E-state index in [-0.39, 0.29) is 5.82 Å². The molecule has 0 atom stereocenters. The fourth-order valence-electron chi connectivity index (χ4n) is 1.91. The monoisotopic (exact) mass is 253 g/mol. The van der Waals surface area contributed by atoms with Gasteiger partial charge >= 0.3 is 0 Å². The van der Waals surface area contributed by atoms with Gasteiger partial charge in [-0.2, -0.15) is 5.10 Å². The van der Waals surface area contributed by atoms with Gasteiger partial charge in [0.05, 0.1) is 17.1 Å². The van der Waals surface area contributed by atoms with Gasteiger partial charge in [-0.1, -0.05) is 30.3 Å². The minimum Gasteiger partial charge on any atom is -0.277 e. The van der Waals surface area contributed by atoms with Crippen LogP contribution >= 0.6 is 0 Å². The van der Waals surface area contributed by atoms with Gasteiger partial charge in [-0.25, -0.2) is 9.37 Å². The van der Waals surface area contributed by atoms with Crippen LogP contribution in [0.1, 0.15) is 5.69 Å². The highest BCUT2D eigenvalue weighted by Crippen LogP contribution is 2.22. The molecule has 0 saturated heterocycles. The van der Waals surface area contributed by atoms with Gasteiger partial charge in [0, 0.05) is 0 Å². The zero-order chi connectivity index (χ0) is 13.2. The Bertz CT molecular complexity index is 704. The first kappa shape index (κ1) is 11.6. The molecule has 0 spiro atoms. The molecule has 0 aliphatic heterocycles. The zero-order valence-electron chi connectivity index (χ0n) is 10.4. The van der Waals surface area contributed by atoms with Crippen LogP contribution in [-0.2, 0) is 0 Å². The van der Waals surface area contributed by atoms with Crippen molar-refractivity contribution in [1.82, 2.24) is 15.2 Å². The highest BCUT2D eigenvalue weighted by atomic mass is 19.1. The Kier molecular flexibility index (Phi) is 2.83. The summed E-state index contributed by atoms with van der Waals surface area (Å²) < 4.78 is 13.2. The Labute approximate surface area is 110 Å². The molecule has 2 heterocycles. The molecule has 3 nitrogen and oxygen atoms in total. The lowest BCUT2D eigenvalue weighted by atomic mass is 10.1. The SMILES string of the molecule is Cc1nc(-c2cc(-c3ccccc3)[nH]n2)ccc1F. The molecule has 1 N–H and O–H groups in total. The van der Waals surface area contributed by atoms with Crippen molar-refractivity contribution in [3.05, 3.63) is 60.0 Å². The Morgan fingerprint density at radius 2 is 1.79 bits per heavy atom. The van der Waals surface area contributed by atoms with Gasteiger partial charge in [0.2, 0.25) is 0 Å². The number of aryl methyl sites for hydroxylation is 1. The number of aromatic nitrogens is 3. The van der Waals surface area contributed by atoms with Crippen LogP contribution in [0, 0.1) is 12.7 Å². The molecule has 0 aliphatic carbocycles. The van der Waals surface area contributed by atoms with Crippen molar-refractivity contribution >= 4 is 0 Å². The van der Waals surface area contributed by atoms with Crippen molar-refractivity contribution in [3.63, 3.8) is 0 Å². The second kappa shape index (κ2) is 4.65. The summed E-state index contributed by atoms with van der Waals surface area (Å²) in [7, 11) is 0. The Morgan fingerprint density at radius 3 is 2.53 bits per heavy atom. The number of halogens is 1. The number of benzene rings is 1. The summed E-state index contributed by atoms with van der Waals surface area (Å²) in [5.41, 5.74) is 3.72. The standard InChI is InChI=1S/C15H12FN3/c1-10-12(16)7-8-13(17-10)15-9-14(18-19-15)11-5-3-2-4-6-11/h2-9H,1H3,(H,18,19). The van der Waals surface area contributed by atoms with Crippen LogP contribution < -0.4 is 0 Å². The van der Waals surface area contributed by atoms with E-state index in [1.165, 1.54) is 6.07 Å². The highest BCUT2D eigenvalue weighted by molar-refractivity contribution is 5.66. The molecule has 0 amide bonds. The van der Waals surface area contributed by atoms with E-state index < -0.39 is 0 Å². The summed E-state index contributed by atoms with van der Waals surface area (Å²) in [6, 6.07) is 14.9. The number of aromatic amines is 1. The maximum atomic E-state index is 13.2. The van der Waals surface area contributed by atoms with E-state index >= 15 is 0 Å². The molecule has 0 bridgehead atoms. The van der Waals surface area contributed by atoms with Crippen molar-refractivity contribution < 1.29 is 4.39 Å². The van der Waals surface area contributed by atoms with Crippen molar-refractivity contribution in [2.24, 2.45) is 0 Å². The van der Waals surface area contributed by atoms with E-state index in [2.05, 4.69) is 15.2 Å². The van der Waals surface area contributed by atoms with Gasteiger partial charge in [-0.15, -0.1) is 0 Å². The Balaban J connectivity index is 1.99.